The summed E-state index contributed by atoms with van der Waals surface area (Å²) in [5.41, 5.74) is 1.04. The quantitative estimate of drug-likeness (QED) is 0.512. The van der Waals surface area contributed by atoms with E-state index in [0.29, 0.717) is 0 Å². The molecule has 1 nitrogen and oxygen atoms in total. The van der Waals surface area contributed by atoms with E-state index in [1.165, 1.54) is 25.7 Å². The molecule has 1 heteroatoms. The minimum absolute atomic E-state index is 0.208. The predicted octanol–water partition coefficient (Wildman–Crippen LogP) is 2.26. The van der Waals surface area contributed by atoms with Crippen LogP contribution in [0.4, 0.5) is 0 Å². The SMILES string of the molecule is C=C1CCCCCCC1O. The van der Waals surface area contributed by atoms with E-state index in [0.717, 1.165) is 18.4 Å². The fourth-order valence-corrected chi connectivity index (χ4v) is 1.41. The Morgan fingerprint density at radius 3 is 2.70 bits per heavy atom. The Morgan fingerprint density at radius 1 is 1.20 bits per heavy atom. The van der Waals surface area contributed by atoms with Crippen molar-refractivity contribution in [3.05, 3.63) is 12.2 Å². The number of hydrogen-bond donors (Lipinski definition) is 1. The van der Waals surface area contributed by atoms with Crippen LogP contribution in [0.3, 0.4) is 0 Å². The van der Waals surface area contributed by atoms with Gasteiger partial charge in [0.15, 0.2) is 0 Å². The standard InChI is InChI=1S/C9H16O/c1-8-6-4-2-3-5-7-9(8)10/h9-10H,1-7H2. The zero-order valence-electron chi connectivity index (χ0n) is 6.47. The van der Waals surface area contributed by atoms with Gasteiger partial charge in [-0.1, -0.05) is 25.8 Å². The summed E-state index contributed by atoms with van der Waals surface area (Å²) in [6.07, 6.45) is 6.73. The molecule has 0 aromatic heterocycles. The maximum absolute atomic E-state index is 9.38. The number of rotatable bonds is 0. The van der Waals surface area contributed by atoms with E-state index in [2.05, 4.69) is 6.58 Å². The van der Waals surface area contributed by atoms with Crippen LogP contribution in [-0.4, -0.2) is 11.2 Å². The van der Waals surface area contributed by atoms with Crippen molar-refractivity contribution in [2.24, 2.45) is 0 Å². The van der Waals surface area contributed by atoms with Crippen LogP contribution in [0.5, 0.6) is 0 Å². The van der Waals surface area contributed by atoms with E-state index in [-0.39, 0.29) is 6.10 Å². The molecule has 0 radical (unpaired) electrons. The van der Waals surface area contributed by atoms with E-state index < -0.39 is 0 Å². The van der Waals surface area contributed by atoms with Gasteiger partial charge in [-0.2, -0.15) is 0 Å². The zero-order valence-corrected chi connectivity index (χ0v) is 6.47. The van der Waals surface area contributed by atoms with Gasteiger partial charge in [-0.15, -0.1) is 0 Å². The first kappa shape index (κ1) is 7.80. The van der Waals surface area contributed by atoms with E-state index in [4.69, 9.17) is 0 Å². The van der Waals surface area contributed by atoms with Crippen molar-refractivity contribution >= 4 is 0 Å². The highest BCUT2D eigenvalue weighted by Crippen LogP contribution is 2.20. The largest absolute Gasteiger partial charge is 0.389 e. The van der Waals surface area contributed by atoms with Gasteiger partial charge in [0.1, 0.15) is 0 Å². The van der Waals surface area contributed by atoms with Crippen LogP contribution >= 0.6 is 0 Å². The van der Waals surface area contributed by atoms with Crippen molar-refractivity contribution < 1.29 is 5.11 Å². The Bertz CT molecular complexity index is 118. The molecule has 1 fully saturated rings. The Morgan fingerprint density at radius 2 is 1.90 bits per heavy atom. The molecule has 1 rings (SSSR count). The van der Waals surface area contributed by atoms with Crippen molar-refractivity contribution in [1.29, 1.82) is 0 Å². The maximum atomic E-state index is 9.38. The molecule has 0 bridgehead atoms. The van der Waals surface area contributed by atoms with Crippen LogP contribution in [0, 0.1) is 0 Å². The summed E-state index contributed by atoms with van der Waals surface area (Å²) in [7, 11) is 0. The highest BCUT2D eigenvalue weighted by Gasteiger charge is 2.10. The molecule has 1 aliphatic rings. The first-order valence-corrected chi connectivity index (χ1v) is 4.16. The first-order chi connectivity index (χ1) is 4.80. The molecule has 0 saturated heterocycles. The Hall–Kier alpha value is -0.300. The van der Waals surface area contributed by atoms with Gasteiger partial charge in [0, 0.05) is 0 Å². The van der Waals surface area contributed by atoms with Gasteiger partial charge >= 0.3 is 0 Å². The molecule has 1 aliphatic carbocycles. The fraction of sp³-hybridized carbons (Fsp3) is 0.778. The van der Waals surface area contributed by atoms with Gasteiger partial charge in [-0.3, -0.25) is 0 Å². The van der Waals surface area contributed by atoms with E-state index in [1.807, 2.05) is 0 Å². The summed E-state index contributed by atoms with van der Waals surface area (Å²) < 4.78 is 0. The van der Waals surface area contributed by atoms with E-state index in [1.54, 1.807) is 0 Å². The molecular formula is C9H16O. The number of aliphatic hydroxyl groups is 1. The monoisotopic (exact) mass is 140 g/mol. The molecule has 58 valence electrons. The molecule has 1 unspecified atom stereocenters. The van der Waals surface area contributed by atoms with E-state index >= 15 is 0 Å². The lowest BCUT2D eigenvalue weighted by Gasteiger charge is -2.16. The number of hydrogen-bond acceptors (Lipinski definition) is 1. The highest BCUT2D eigenvalue weighted by atomic mass is 16.3. The topological polar surface area (TPSA) is 20.2 Å². The number of aliphatic hydroxyl groups excluding tert-OH is 1. The smallest absolute Gasteiger partial charge is 0.0747 e. The van der Waals surface area contributed by atoms with Crippen LogP contribution in [0.15, 0.2) is 12.2 Å². The fourth-order valence-electron chi connectivity index (χ4n) is 1.41. The summed E-state index contributed by atoms with van der Waals surface area (Å²) in [5.74, 6) is 0. The van der Waals surface area contributed by atoms with Gasteiger partial charge in [-0.05, 0) is 24.8 Å². The Kier molecular flexibility index (Phi) is 2.94. The minimum atomic E-state index is -0.208. The zero-order chi connectivity index (χ0) is 7.40. The molecule has 0 aromatic rings. The summed E-state index contributed by atoms with van der Waals surface area (Å²) >= 11 is 0. The lowest BCUT2D eigenvalue weighted by atomic mass is 9.95. The third-order valence-electron chi connectivity index (χ3n) is 2.20. The third-order valence-corrected chi connectivity index (χ3v) is 2.20. The first-order valence-electron chi connectivity index (χ1n) is 4.16. The van der Waals surface area contributed by atoms with Crippen LogP contribution in [-0.2, 0) is 0 Å². The van der Waals surface area contributed by atoms with E-state index in [9.17, 15) is 5.11 Å². The van der Waals surface area contributed by atoms with Crippen molar-refractivity contribution in [2.75, 3.05) is 0 Å². The molecule has 1 atom stereocenters. The van der Waals surface area contributed by atoms with Gasteiger partial charge in [-0.25, -0.2) is 0 Å². The molecule has 1 N–H and O–H groups in total. The lowest BCUT2D eigenvalue weighted by molar-refractivity contribution is 0.187. The maximum Gasteiger partial charge on any atom is 0.0747 e. The van der Waals surface area contributed by atoms with Gasteiger partial charge < -0.3 is 5.11 Å². The minimum Gasteiger partial charge on any atom is -0.389 e. The van der Waals surface area contributed by atoms with Gasteiger partial charge in [0.25, 0.3) is 0 Å². The Balaban J connectivity index is 2.35. The van der Waals surface area contributed by atoms with Crippen molar-refractivity contribution in [3.63, 3.8) is 0 Å². The molecule has 0 spiro atoms. The average molecular weight is 140 g/mol. The van der Waals surface area contributed by atoms with Crippen molar-refractivity contribution in [1.82, 2.24) is 0 Å². The highest BCUT2D eigenvalue weighted by molar-refractivity contribution is 5.01. The summed E-state index contributed by atoms with van der Waals surface area (Å²) in [6, 6.07) is 0. The summed E-state index contributed by atoms with van der Waals surface area (Å²) in [4.78, 5) is 0. The second kappa shape index (κ2) is 3.77. The Labute approximate surface area is 62.8 Å². The molecule has 0 heterocycles. The normalized spacial score (nSPS) is 29.3. The molecule has 0 aromatic carbocycles. The second-order valence-electron chi connectivity index (χ2n) is 3.13. The molecule has 10 heavy (non-hydrogen) atoms. The molecular weight excluding hydrogens is 124 g/mol. The molecule has 1 saturated carbocycles. The van der Waals surface area contributed by atoms with Crippen LogP contribution in [0.2, 0.25) is 0 Å². The van der Waals surface area contributed by atoms with Gasteiger partial charge in [0.05, 0.1) is 6.10 Å². The predicted molar refractivity (Wildman–Crippen MR) is 42.8 cm³/mol. The lowest BCUT2D eigenvalue weighted by Crippen LogP contribution is -2.11. The van der Waals surface area contributed by atoms with Crippen LogP contribution in [0.25, 0.3) is 0 Å². The molecule has 0 aliphatic heterocycles. The van der Waals surface area contributed by atoms with Gasteiger partial charge in [0.2, 0.25) is 0 Å². The third kappa shape index (κ3) is 2.14. The summed E-state index contributed by atoms with van der Waals surface area (Å²) in [6.45, 7) is 3.85. The summed E-state index contributed by atoms with van der Waals surface area (Å²) in [5, 5.41) is 9.38. The second-order valence-corrected chi connectivity index (χ2v) is 3.13. The van der Waals surface area contributed by atoms with Crippen molar-refractivity contribution in [3.8, 4) is 0 Å². The van der Waals surface area contributed by atoms with Crippen molar-refractivity contribution in [2.45, 2.75) is 44.6 Å². The van der Waals surface area contributed by atoms with Crippen LogP contribution < -0.4 is 0 Å². The average Bonchev–Trinajstić information content (AvgIpc) is 1.92. The molecule has 0 amide bonds. The van der Waals surface area contributed by atoms with Crippen LogP contribution in [0.1, 0.15) is 38.5 Å².